The number of ether oxygens (including phenoxy) is 1. The van der Waals surface area contributed by atoms with Gasteiger partial charge in [-0.2, -0.15) is 0 Å². The summed E-state index contributed by atoms with van der Waals surface area (Å²) in [4.78, 5) is 14.1. The monoisotopic (exact) mass is 418 g/mol. The minimum atomic E-state index is -0.638. The van der Waals surface area contributed by atoms with Gasteiger partial charge in [0.05, 0.1) is 12.0 Å². The average Bonchev–Trinajstić information content (AvgIpc) is 3.48. The van der Waals surface area contributed by atoms with E-state index >= 15 is 0 Å². The Labute approximate surface area is 179 Å². The lowest BCUT2D eigenvalue weighted by molar-refractivity contribution is -0.156. The predicted octanol–water partition coefficient (Wildman–Crippen LogP) is 3.93. The summed E-state index contributed by atoms with van der Waals surface area (Å²) in [5.41, 5.74) is -0.529. The van der Waals surface area contributed by atoms with Crippen molar-refractivity contribution in [1.82, 2.24) is 10.2 Å². The molecular formula is C24H35FN2O3. The molecule has 3 aliphatic rings. The van der Waals surface area contributed by atoms with Gasteiger partial charge in [0, 0.05) is 30.6 Å². The average molecular weight is 419 g/mol. The lowest BCUT2D eigenvalue weighted by atomic mass is 9.68. The van der Waals surface area contributed by atoms with E-state index in [-0.39, 0.29) is 11.2 Å². The topological polar surface area (TPSA) is 61.8 Å². The molecule has 1 heterocycles. The molecule has 2 saturated carbocycles. The summed E-state index contributed by atoms with van der Waals surface area (Å²) in [6, 6.07) is 6.97. The van der Waals surface area contributed by atoms with Gasteiger partial charge >= 0.3 is 5.97 Å². The number of aliphatic carboxylic acids is 1. The first-order chi connectivity index (χ1) is 14.4. The molecule has 1 aromatic carbocycles. The Morgan fingerprint density at radius 1 is 1.30 bits per heavy atom. The van der Waals surface area contributed by atoms with Gasteiger partial charge in [-0.05, 0) is 63.2 Å². The van der Waals surface area contributed by atoms with Crippen molar-refractivity contribution in [3.8, 4) is 5.75 Å². The summed E-state index contributed by atoms with van der Waals surface area (Å²) < 4.78 is 19.6. The van der Waals surface area contributed by atoms with E-state index in [0.717, 1.165) is 57.7 Å². The van der Waals surface area contributed by atoms with E-state index < -0.39 is 11.4 Å². The highest BCUT2D eigenvalue weighted by Crippen LogP contribution is 2.43. The van der Waals surface area contributed by atoms with Crippen LogP contribution in [0.1, 0.15) is 51.9 Å². The maximum Gasteiger partial charge on any atom is 0.310 e. The van der Waals surface area contributed by atoms with Crippen LogP contribution in [-0.4, -0.2) is 54.8 Å². The number of likely N-dealkylation sites (tertiary alicyclic amines) is 1. The maximum atomic E-state index is 13.5. The lowest BCUT2D eigenvalue weighted by Gasteiger charge is -2.46. The van der Waals surface area contributed by atoms with Crippen molar-refractivity contribution < 1.29 is 19.0 Å². The van der Waals surface area contributed by atoms with E-state index in [1.807, 2.05) is 0 Å². The summed E-state index contributed by atoms with van der Waals surface area (Å²) in [7, 11) is 0. The second kappa shape index (κ2) is 8.83. The molecule has 1 aromatic rings. The highest BCUT2D eigenvalue weighted by Gasteiger charge is 2.47. The highest BCUT2D eigenvalue weighted by molar-refractivity contribution is 5.76. The fraction of sp³-hybridized carbons (Fsp3) is 0.708. The van der Waals surface area contributed by atoms with E-state index in [4.69, 9.17) is 4.74 Å². The van der Waals surface area contributed by atoms with E-state index in [2.05, 4.69) is 17.1 Å². The van der Waals surface area contributed by atoms with Crippen LogP contribution in [0.15, 0.2) is 24.3 Å². The van der Waals surface area contributed by atoms with Crippen LogP contribution in [0.3, 0.4) is 0 Å². The smallest absolute Gasteiger partial charge is 0.310 e. The van der Waals surface area contributed by atoms with Crippen LogP contribution >= 0.6 is 0 Å². The molecule has 2 aliphatic carbocycles. The largest absolute Gasteiger partial charge is 0.493 e. The number of nitrogens with one attached hydrogen (secondary N) is 1. The molecule has 3 fully saturated rings. The molecule has 0 spiro atoms. The molecule has 2 atom stereocenters. The summed E-state index contributed by atoms with van der Waals surface area (Å²) in [6.45, 7) is 6.16. The third kappa shape index (κ3) is 4.80. The van der Waals surface area contributed by atoms with Crippen molar-refractivity contribution >= 4 is 5.97 Å². The first-order valence-electron chi connectivity index (χ1n) is 11.5. The zero-order valence-electron chi connectivity index (χ0n) is 18.0. The number of rotatable bonds is 10. The zero-order chi connectivity index (χ0) is 21.2. The summed E-state index contributed by atoms with van der Waals surface area (Å²) in [5.74, 6) is 0.452. The van der Waals surface area contributed by atoms with Crippen molar-refractivity contribution in [3.05, 3.63) is 30.1 Å². The molecule has 1 saturated heterocycles. The number of carbonyl (C=O) groups is 1. The van der Waals surface area contributed by atoms with Crippen molar-refractivity contribution in [2.24, 2.45) is 16.7 Å². The number of halogens is 1. The van der Waals surface area contributed by atoms with Gasteiger partial charge in [-0.1, -0.05) is 25.8 Å². The van der Waals surface area contributed by atoms with Gasteiger partial charge in [0.2, 0.25) is 0 Å². The molecule has 4 rings (SSSR count). The molecule has 6 heteroatoms. The normalized spacial score (nSPS) is 27.3. The van der Waals surface area contributed by atoms with Crippen LogP contribution in [0.25, 0.3) is 0 Å². The summed E-state index contributed by atoms with van der Waals surface area (Å²) in [5, 5.41) is 13.4. The minimum Gasteiger partial charge on any atom is -0.493 e. The number of benzene rings is 1. The predicted molar refractivity (Wildman–Crippen MR) is 114 cm³/mol. The summed E-state index contributed by atoms with van der Waals surface area (Å²) in [6.07, 6.45) is 7.03. The first kappa shape index (κ1) is 21.6. The van der Waals surface area contributed by atoms with Gasteiger partial charge in [-0.3, -0.25) is 4.79 Å². The SMILES string of the molecule is CCC1C[C@H]1NCC1(COc2cccc(F)c2)CCN(CC2(C(=O)O)CCC2)CC1. The van der Waals surface area contributed by atoms with Crippen molar-refractivity contribution in [1.29, 1.82) is 0 Å². The molecular weight excluding hydrogens is 383 g/mol. The molecule has 1 aliphatic heterocycles. The fourth-order valence-corrected chi connectivity index (χ4v) is 5.12. The second-order valence-electron chi connectivity index (χ2n) is 9.85. The van der Waals surface area contributed by atoms with Crippen molar-refractivity contribution in [2.45, 2.75) is 57.9 Å². The van der Waals surface area contributed by atoms with Gasteiger partial charge in [-0.15, -0.1) is 0 Å². The Hall–Kier alpha value is -1.66. The number of hydrogen-bond acceptors (Lipinski definition) is 4. The Balaban J connectivity index is 1.36. The van der Waals surface area contributed by atoms with E-state index in [1.54, 1.807) is 12.1 Å². The Morgan fingerprint density at radius 2 is 2.07 bits per heavy atom. The van der Waals surface area contributed by atoms with Gasteiger partial charge in [0.1, 0.15) is 11.6 Å². The Kier molecular flexibility index (Phi) is 6.35. The van der Waals surface area contributed by atoms with Crippen LogP contribution in [0.2, 0.25) is 0 Å². The Morgan fingerprint density at radius 3 is 2.63 bits per heavy atom. The fourth-order valence-electron chi connectivity index (χ4n) is 5.12. The molecule has 0 aromatic heterocycles. The second-order valence-corrected chi connectivity index (χ2v) is 9.85. The lowest BCUT2D eigenvalue weighted by Crippen LogP contribution is -2.53. The summed E-state index contributed by atoms with van der Waals surface area (Å²) >= 11 is 0. The highest BCUT2D eigenvalue weighted by atomic mass is 19.1. The molecule has 30 heavy (non-hydrogen) atoms. The van der Waals surface area contributed by atoms with Gasteiger partial charge in [0.15, 0.2) is 0 Å². The maximum absolute atomic E-state index is 13.5. The Bertz CT molecular complexity index is 744. The van der Waals surface area contributed by atoms with Crippen molar-refractivity contribution in [3.63, 3.8) is 0 Å². The minimum absolute atomic E-state index is 0.000298. The first-order valence-corrected chi connectivity index (χ1v) is 11.5. The quantitative estimate of drug-likeness (QED) is 0.603. The zero-order valence-corrected chi connectivity index (χ0v) is 18.0. The van der Waals surface area contributed by atoms with Crippen LogP contribution in [0.5, 0.6) is 5.75 Å². The molecule has 0 amide bonds. The molecule has 5 nitrogen and oxygen atoms in total. The van der Waals surface area contributed by atoms with Gasteiger partial charge < -0.3 is 20.1 Å². The number of piperidine rings is 1. The van der Waals surface area contributed by atoms with Crippen LogP contribution in [0.4, 0.5) is 4.39 Å². The number of nitrogens with zero attached hydrogens (tertiary/aromatic N) is 1. The molecule has 1 unspecified atom stereocenters. The molecule has 0 bridgehead atoms. The third-order valence-electron chi connectivity index (χ3n) is 7.73. The molecule has 166 valence electrons. The van der Waals surface area contributed by atoms with Crippen molar-refractivity contribution in [2.75, 3.05) is 32.8 Å². The van der Waals surface area contributed by atoms with E-state index in [0.29, 0.717) is 24.9 Å². The molecule has 2 N–H and O–H groups in total. The van der Waals surface area contributed by atoms with Crippen LogP contribution < -0.4 is 10.1 Å². The number of carboxylic acids is 1. The molecule has 0 radical (unpaired) electrons. The standard InChI is InChI=1S/C24H35FN2O3/c1-2-18-13-21(18)26-15-23(17-30-20-6-3-5-19(25)14-20)9-11-27(12-10-23)16-24(22(28)29)7-4-8-24/h3,5-6,14,18,21,26H,2,4,7-13,15-17H2,1H3,(H,28,29)/t18?,21-/m1/s1. The number of carboxylic acid groups (broad SMARTS) is 1. The van der Waals surface area contributed by atoms with E-state index in [1.165, 1.54) is 25.0 Å². The third-order valence-corrected chi connectivity index (χ3v) is 7.73. The van der Waals surface area contributed by atoms with Gasteiger partial charge in [-0.25, -0.2) is 4.39 Å². The number of hydrogen-bond donors (Lipinski definition) is 2. The van der Waals surface area contributed by atoms with Gasteiger partial charge in [0.25, 0.3) is 0 Å². The van der Waals surface area contributed by atoms with Crippen LogP contribution in [-0.2, 0) is 4.79 Å². The van der Waals surface area contributed by atoms with Crippen LogP contribution in [0, 0.1) is 22.6 Å². The van der Waals surface area contributed by atoms with E-state index in [9.17, 15) is 14.3 Å².